The zero-order valence-electron chi connectivity index (χ0n) is 12.4. The lowest BCUT2D eigenvalue weighted by Crippen LogP contribution is -1.93. The number of rotatable bonds is 4. The van der Waals surface area contributed by atoms with Gasteiger partial charge < -0.3 is 0 Å². The van der Waals surface area contributed by atoms with Gasteiger partial charge in [-0.15, -0.1) is 0 Å². The number of hydrogen-bond acceptors (Lipinski definition) is 1. The second kappa shape index (κ2) is 6.22. The molecule has 0 radical (unpaired) electrons. The molecule has 1 nitrogen and oxygen atoms in total. The standard InChI is InChI=1S/C19H17F2N/c1-2-3-4-14-11-15(6-8-18(14)21)19-17-12-16(20)7-5-13(17)9-10-22-19/h5-12H,2-4H2,1H3. The number of hydrogen-bond donors (Lipinski definition) is 0. The largest absolute Gasteiger partial charge is 0.256 e. The zero-order chi connectivity index (χ0) is 15.5. The fourth-order valence-corrected chi connectivity index (χ4v) is 2.65. The number of halogens is 2. The Labute approximate surface area is 128 Å². The molecular weight excluding hydrogens is 280 g/mol. The second-order valence-corrected chi connectivity index (χ2v) is 5.43. The summed E-state index contributed by atoms with van der Waals surface area (Å²) in [6.45, 7) is 2.08. The van der Waals surface area contributed by atoms with E-state index in [0.717, 1.165) is 29.2 Å². The van der Waals surface area contributed by atoms with Crippen molar-refractivity contribution < 1.29 is 8.78 Å². The smallest absolute Gasteiger partial charge is 0.126 e. The van der Waals surface area contributed by atoms with Gasteiger partial charge in [0.15, 0.2) is 0 Å². The molecule has 0 atom stereocenters. The van der Waals surface area contributed by atoms with E-state index in [2.05, 4.69) is 11.9 Å². The van der Waals surface area contributed by atoms with Gasteiger partial charge in [-0.2, -0.15) is 0 Å². The molecule has 0 N–H and O–H groups in total. The van der Waals surface area contributed by atoms with Crippen LogP contribution in [0.1, 0.15) is 25.3 Å². The van der Waals surface area contributed by atoms with Crippen molar-refractivity contribution in [2.24, 2.45) is 0 Å². The fourth-order valence-electron chi connectivity index (χ4n) is 2.65. The molecule has 0 amide bonds. The van der Waals surface area contributed by atoms with Gasteiger partial charge in [0.25, 0.3) is 0 Å². The van der Waals surface area contributed by atoms with E-state index in [9.17, 15) is 8.78 Å². The fraction of sp³-hybridized carbons (Fsp3) is 0.211. The van der Waals surface area contributed by atoms with Crippen LogP contribution < -0.4 is 0 Å². The number of benzene rings is 2. The monoisotopic (exact) mass is 297 g/mol. The van der Waals surface area contributed by atoms with Gasteiger partial charge in [0.05, 0.1) is 5.69 Å². The van der Waals surface area contributed by atoms with Crippen LogP contribution in [0.15, 0.2) is 48.7 Å². The van der Waals surface area contributed by atoms with Gasteiger partial charge in [0.2, 0.25) is 0 Å². The van der Waals surface area contributed by atoms with Crippen LogP contribution in [0.25, 0.3) is 22.0 Å². The summed E-state index contributed by atoms with van der Waals surface area (Å²) < 4.78 is 27.5. The molecule has 3 aromatic rings. The molecular formula is C19H17F2N. The summed E-state index contributed by atoms with van der Waals surface area (Å²) in [6, 6.07) is 11.5. The van der Waals surface area contributed by atoms with Crippen molar-refractivity contribution in [2.75, 3.05) is 0 Å². The Balaban J connectivity index is 2.13. The molecule has 0 saturated heterocycles. The molecule has 0 unspecified atom stereocenters. The maximum Gasteiger partial charge on any atom is 0.126 e. The van der Waals surface area contributed by atoms with Crippen molar-refractivity contribution in [3.8, 4) is 11.3 Å². The highest BCUT2D eigenvalue weighted by atomic mass is 19.1. The summed E-state index contributed by atoms with van der Waals surface area (Å²) in [7, 11) is 0. The molecule has 1 heterocycles. The normalized spacial score (nSPS) is 11.0. The number of aromatic nitrogens is 1. The number of nitrogens with zero attached hydrogens (tertiary/aromatic N) is 1. The third-order valence-corrected chi connectivity index (χ3v) is 3.85. The minimum absolute atomic E-state index is 0.191. The molecule has 0 aliphatic heterocycles. The molecule has 0 fully saturated rings. The second-order valence-electron chi connectivity index (χ2n) is 5.43. The van der Waals surface area contributed by atoms with Gasteiger partial charge in [-0.05, 0) is 60.2 Å². The quantitative estimate of drug-likeness (QED) is 0.617. The van der Waals surface area contributed by atoms with E-state index in [1.165, 1.54) is 18.2 Å². The van der Waals surface area contributed by atoms with Crippen molar-refractivity contribution in [2.45, 2.75) is 26.2 Å². The first-order valence-electron chi connectivity index (χ1n) is 7.52. The maximum absolute atomic E-state index is 13.9. The minimum atomic E-state index is -0.296. The van der Waals surface area contributed by atoms with Crippen molar-refractivity contribution in [1.29, 1.82) is 0 Å². The summed E-state index contributed by atoms with van der Waals surface area (Å²) in [5.41, 5.74) is 2.20. The summed E-state index contributed by atoms with van der Waals surface area (Å²) in [5, 5.41) is 1.67. The van der Waals surface area contributed by atoms with Crippen molar-refractivity contribution in [1.82, 2.24) is 4.98 Å². The molecule has 1 aromatic heterocycles. The third kappa shape index (κ3) is 2.84. The van der Waals surface area contributed by atoms with Crippen molar-refractivity contribution in [3.63, 3.8) is 0 Å². The van der Waals surface area contributed by atoms with Gasteiger partial charge in [-0.25, -0.2) is 8.78 Å². The van der Waals surface area contributed by atoms with Gasteiger partial charge in [-0.1, -0.05) is 19.4 Å². The Hall–Kier alpha value is -2.29. The van der Waals surface area contributed by atoms with E-state index in [0.29, 0.717) is 17.7 Å². The van der Waals surface area contributed by atoms with Crippen LogP contribution >= 0.6 is 0 Å². The van der Waals surface area contributed by atoms with E-state index in [1.807, 2.05) is 12.1 Å². The first-order valence-corrected chi connectivity index (χ1v) is 7.52. The van der Waals surface area contributed by atoms with Crippen LogP contribution in [0.3, 0.4) is 0 Å². The van der Waals surface area contributed by atoms with Gasteiger partial charge in [0.1, 0.15) is 11.6 Å². The Kier molecular flexibility index (Phi) is 4.14. The van der Waals surface area contributed by atoms with Gasteiger partial charge in [-0.3, -0.25) is 4.98 Å². The molecule has 22 heavy (non-hydrogen) atoms. The predicted octanol–water partition coefficient (Wildman–Crippen LogP) is 5.52. The van der Waals surface area contributed by atoms with E-state index in [1.54, 1.807) is 18.3 Å². The Morgan fingerprint density at radius 1 is 1.00 bits per heavy atom. The Bertz CT molecular complexity index is 812. The number of aryl methyl sites for hydroxylation is 1. The highest BCUT2D eigenvalue weighted by Gasteiger charge is 2.09. The first kappa shape index (κ1) is 14.6. The molecule has 3 rings (SSSR count). The van der Waals surface area contributed by atoms with Crippen LogP contribution in [0, 0.1) is 11.6 Å². The highest BCUT2D eigenvalue weighted by molar-refractivity contribution is 5.94. The first-order chi connectivity index (χ1) is 10.7. The molecule has 0 spiro atoms. The number of unbranched alkanes of at least 4 members (excludes halogenated alkanes) is 1. The number of fused-ring (bicyclic) bond motifs is 1. The Morgan fingerprint density at radius 2 is 1.86 bits per heavy atom. The van der Waals surface area contributed by atoms with E-state index >= 15 is 0 Å². The molecule has 0 aliphatic rings. The van der Waals surface area contributed by atoms with Crippen molar-refractivity contribution >= 4 is 10.8 Å². The molecule has 0 bridgehead atoms. The third-order valence-electron chi connectivity index (χ3n) is 3.85. The summed E-state index contributed by atoms with van der Waals surface area (Å²) >= 11 is 0. The van der Waals surface area contributed by atoms with E-state index < -0.39 is 0 Å². The molecule has 3 heteroatoms. The molecule has 112 valence electrons. The van der Waals surface area contributed by atoms with E-state index in [4.69, 9.17) is 0 Å². The molecule has 2 aromatic carbocycles. The lowest BCUT2D eigenvalue weighted by atomic mass is 9.99. The van der Waals surface area contributed by atoms with Crippen LogP contribution in [0.2, 0.25) is 0 Å². The SMILES string of the molecule is CCCCc1cc(-c2nccc3ccc(F)cc23)ccc1F. The lowest BCUT2D eigenvalue weighted by Gasteiger charge is -2.09. The molecule has 0 saturated carbocycles. The molecule has 0 aliphatic carbocycles. The summed E-state index contributed by atoms with van der Waals surface area (Å²) in [5.74, 6) is -0.487. The van der Waals surface area contributed by atoms with E-state index in [-0.39, 0.29) is 11.6 Å². The van der Waals surface area contributed by atoms with Crippen LogP contribution in [-0.2, 0) is 6.42 Å². The maximum atomic E-state index is 13.9. The minimum Gasteiger partial charge on any atom is -0.256 e. The zero-order valence-corrected chi connectivity index (χ0v) is 12.4. The lowest BCUT2D eigenvalue weighted by molar-refractivity contribution is 0.603. The average molecular weight is 297 g/mol. The van der Waals surface area contributed by atoms with Gasteiger partial charge >= 0.3 is 0 Å². The Morgan fingerprint density at radius 3 is 2.68 bits per heavy atom. The number of pyridine rings is 1. The topological polar surface area (TPSA) is 12.9 Å². The van der Waals surface area contributed by atoms with Crippen LogP contribution in [-0.4, -0.2) is 4.98 Å². The average Bonchev–Trinajstić information content (AvgIpc) is 2.53. The summed E-state index contributed by atoms with van der Waals surface area (Å²) in [4.78, 5) is 4.38. The van der Waals surface area contributed by atoms with Crippen molar-refractivity contribution in [3.05, 3.63) is 65.9 Å². The van der Waals surface area contributed by atoms with Gasteiger partial charge in [0, 0.05) is 17.1 Å². The predicted molar refractivity (Wildman–Crippen MR) is 85.7 cm³/mol. The van der Waals surface area contributed by atoms with Crippen LogP contribution in [0.5, 0.6) is 0 Å². The highest BCUT2D eigenvalue weighted by Crippen LogP contribution is 2.28. The van der Waals surface area contributed by atoms with Crippen LogP contribution in [0.4, 0.5) is 8.78 Å². The summed E-state index contributed by atoms with van der Waals surface area (Å²) in [6.07, 6.45) is 4.36.